The van der Waals surface area contributed by atoms with Crippen LogP contribution in [0.4, 0.5) is 0 Å². The van der Waals surface area contributed by atoms with Crippen molar-refractivity contribution in [3.05, 3.63) is 24.2 Å². The summed E-state index contributed by atoms with van der Waals surface area (Å²) < 4.78 is 16.6. The van der Waals surface area contributed by atoms with Crippen LogP contribution in [0.3, 0.4) is 0 Å². The van der Waals surface area contributed by atoms with Gasteiger partial charge in [-0.25, -0.2) is 0 Å². The Labute approximate surface area is 192 Å². The number of rotatable bonds is 9. The van der Waals surface area contributed by atoms with Crippen molar-refractivity contribution < 1.29 is 13.9 Å². The van der Waals surface area contributed by atoms with Crippen molar-refractivity contribution in [1.82, 2.24) is 20.4 Å². The Balaban J connectivity index is 1.36. The fourth-order valence-electron chi connectivity index (χ4n) is 5.14. The lowest BCUT2D eigenvalue weighted by molar-refractivity contribution is -0.0333. The van der Waals surface area contributed by atoms with Crippen molar-refractivity contribution in [3.63, 3.8) is 0 Å². The zero-order valence-electron chi connectivity index (χ0n) is 19.5. The highest BCUT2D eigenvalue weighted by molar-refractivity contribution is 5.79. The van der Waals surface area contributed by atoms with Crippen LogP contribution in [0.15, 0.2) is 27.8 Å². The van der Waals surface area contributed by atoms with Gasteiger partial charge in [0, 0.05) is 57.8 Å². The number of ether oxygens (including phenoxy) is 2. The summed E-state index contributed by atoms with van der Waals surface area (Å²) in [7, 11) is 0. The first-order chi connectivity index (χ1) is 15.8. The molecule has 3 heterocycles. The SMILES string of the molecule is c1coc(CCNC(=NCC2(N3CCOCC3)CCCCC2)NCCN2CCOCC2)c1. The maximum Gasteiger partial charge on any atom is 0.191 e. The molecule has 2 aliphatic heterocycles. The average Bonchev–Trinajstić information content (AvgIpc) is 3.38. The van der Waals surface area contributed by atoms with E-state index in [9.17, 15) is 0 Å². The average molecular weight is 448 g/mol. The molecule has 4 rings (SSSR count). The second-order valence-corrected chi connectivity index (χ2v) is 9.19. The quantitative estimate of drug-likeness (QED) is 0.441. The van der Waals surface area contributed by atoms with Gasteiger partial charge in [-0.2, -0.15) is 0 Å². The van der Waals surface area contributed by atoms with Crippen molar-refractivity contribution in [2.75, 3.05) is 78.8 Å². The molecule has 0 amide bonds. The third-order valence-corrected chi connectivity index (χ3v) is 7.07. The maximum atomic E-state index is 5.64. The Bertz CT molecular complexity index is 663. The Morgan fingerprint density at radius 2 is 1.66 bits per heavy atom. The van der Waals surface area contributed by atoms with Crippen LogP contribution in [-0.4, -0.2) is 100 Å². The molecule has 2 saturated heterocycles. The molecular formula is C24H41N5O3. The molecule has 0 unspecified atom stereocenters. The van der Waals surface area contributed by atoms with Gasteiger partial charge in [0.05, 0.1) is 39.2 Å². The molecule has 0 bridgehead atoms. The highest BCUT2D eigenvalue weighted by Gasteiger charge is 2.38. The van der Waals surface area contributed by atoms with Crippen LogP contribution in [0.1, 0.15) is 37.9 Å². The molecule has 2 N–H and O–H groups in total. The molecule has 1 aromatic heterocycles. The van der Waals surface area contributed by atoms with E-state index < -0.39 is 0 Å². The predicted octanol–water partition coefficient (Wildman–Crippen LogP) is 1.72. The van der Waals surface area contributed by atoms with E-state index in [1.54, 1.807) is 6.26 Å². The highest BCUT2D eigenvalue weighted by atomic mass is 16.5. The van der Waals surface area contributed by atoms with Crippen molar-refractivity contribution in [2.45, 2.75) is 44.1 Å². The molecule has 3 fully saturated rings. The van der Waals surface area contributed by atoms with Gasteiger partial charge < -0.3 is 24.5 Å². The third-order valence-electron chi connectivity index (χ3n) is 7.07. The molecule has 8 heteroatoms. The van der Waals surface area contributed by atoms with Crippen molar-refractivity contribution in [3.8, 4) is 0 Å². The van der Waals surface area contributed by atoms with E-state index in [1.807, 2.05) is 12.1 Å². The van der Waals surface area contributed by atoms with Crippen LogP contribution in [0.25, 0.3) is 0 Å². The fraction of sp³-hybridized carbons (Fsp3) is 0.792. The minimum Gasteiger partial charge on any atom is -0.469 e. The van der Waals surface area contributed by atoms with Gasteiger partial charge in [0.25, 0.3) is 0 Å². The van der Waals surface area contributed by atoms with E-state index >= 15 is 0 Å². The second-order valence-electron chi connectivity index (χ2n) is 9.19. The van der Waals surface area contributed by atoms with Crippen LogP contribution in [-0.2, 0) is 15.9 Å². The molecule has 32 heavy (non-hydrogen) atoms. The lowest BCUT2D eigenvalue weighted by Gasteiger charge is -2.47. The van der Waals surface area contributed by atoms with Gasteiger partial charge in [-0.15, -0.1) is 0 Å². The summed E-state index contributed by atoms with van der Waals surface area (Å²) in [5.41, 5.74) is 0.182. The molecular weight excluding hydrogens is 406 g/mol. The molecule has 1 saturated carbocycles. The van der Waals surface area contributed by atoms with E-state index in [0.29, 0.717) is 0 Å². The number of nitrogens with zero attached hydrogens (tertiary/aromatic N) is 3. The zero-order chi connectivity index (χ0) is 21.9. The highest BCUT2D eigenvalue weighted by Crippen LogP contribution is 2.34. The van der Waals surface area contributed by atoms with E-state index in [4.69, 9.17) is 18.9 Å². The smallest absolute Gasteiger partial charge is 0.191 e. The maximum absolute atomic E-state index is 5.64. The number of guanidine groups is 1. The van der Waals surface area contributed by atoms with Crippen LogP contribution in [0, 0.1) is 0 Å². The molecule has 3 aliphatic rings. The van der Waals surface area contributed by atoms with Gasteiger partial charge in [0.15, 0.2) is 5.96 Å². The molecule has 1 aromatic rings. The van der Waals surface area contributed by atoms with E-state index in [-0.39, 0.29) is 5.54 Å². The number of nitrogens with one attached hydrogen (secondary N) is 2. The number of furan rings is 1. The molecule has 0 aromatic carbocycles. The lowest BCUT2D eigenvalue weighted by Crippen LogP contribution is -2.56. The van der Waals surface area contributed by atoms with E-state index in [0.717, 1.165) is 96.9 Å². The van der Waals surface area contributed by atoms with Crippen LogP contribution in [0.2, 0.25) is 0 Å². The Morgan fingerprint density at radius 3 is 2.38 bits per heavy atom. The Kier molecular flexibility index (Phi) is 9.26. The summed E-state index contributed by atoms with van der Waals surface area (Å²) in [4.78, 5) is 10.2. The van der Waals surface area contributed by atoms with Crippen molar-refractivity contribution in [1.29, 1.82) is 0 Å². The predicted molar refractivity (Wildman–Crippen MR) is 126 cm³/mol. The Hall–Kier alpha value is -1.61. The molecule has 0 atom stereocenters. The third kappa shape index (κ3) is 6.94. The summed E-state index contributed by atoms with van der Waals surface area (Å²) in [6.45, 7) is 11.0. The van der Waals surface area contributed by atoms with Gasteiger partial charge in [0.2, 0.25) is 0 Å². The van der Waals surface area contributed by atoms with Gasteiger partial charge in [-0.05, 0) is 25.0 Å². The topological polar surface area (TPSA) is 74.5 Å². The standard InChI is InChI=1S/C24H41N5O3/c1-2-7-24(8-3-1,29-14-19-31-20-15-29)21-27-23(25-9-6-22-5-4-16-32-22)26-10-11-28-12-17-30-18-13-28/h4-5,16H,1-3,6-15,17-21H2,(H2,25,26,27). The normalized spacial score (nSPS) is 23.2. The van der Waals surface area contributed by atoms with Gasteiger partial charge in [-0.3, -0.25) is 14.8 Å². The minimum absolute atomic E-state index is 0.182. The van der Waals surface area contributed by atoms with Crippen molar-refractivity contribution >= 4 is 5.96 Å². The van der Waals surface area contributed by atoms with E-state index in [2.05, 4.69) is 20.4 Å². The lowest BCUT2D eigenvalue weighted by atomic mass is 9.80. The summed E-state index contributed by atoms with van der Waals surface area (Å²) in [6, 6.07) is 3.97. The van der Waals surface area contributed by atoms with Gasteiger partial charge >= 0.3 is 0 Å². The van der Waals surface area contributed by atoms with Gasteiger partial charge in [-0.1, -0.05) is 19.3 Å². The Morgan fingerprint density at radius 1 is 0.938 bits per heavy atom. The number of hydrogen-bond donors (Lipinski definition) is 2. The van der Waals surface area contributed by atoms with Crippen LogP contribution >= 0.6 is 0 Å². The molecule has 180 valence electrons. The fourth-order valence-corrected chi connectivity index (χ4v) is 5.14. The zero-order valence-corrected chi connectivity index (χ0v) is 19.5. The number of morpholine rings is 2. The summed E-state index contributed by atoms with van der Waals surface area (Å²) >= 11 is 0. The number of hydrogen-bond acceptors (Lipinski definition) is 6. The number of aliphatic imine (C=N–C) groups is 1. The van der Waals surface area contributed by atoms with Crippen LogP contribution < -0.4 is 10.6 Å². The van der Waals surface area contributed by atoms with E-state index in [1.165, 1.54) is 32.1 Å². The monoisotopic (exact) mass is 447 g/mol. The second kappa shape index (κ2) is 12.6. The molecule has 1 aliphatic carbocycles. The first-order valence-electron chi connectivity index (χ1n) is 12.5. The van der Waals surface area contributed by atoms with Crippen LogP contribution in [0.5, 0.6) is 0 Å². The molecule has 8 nitrogen and oxygen atoms in total. The molecule has 0 spiro atoms. The summed E-state index contributed by atoms with van der Waals surface area (Å²) in [5, 5.41) is 7.14. The summed E-state index contributed by atoms with van der Waals surface area (Å²) in [5.74, 6) is 1.92. The largest absolute Gasteiger partial charge is 0.469 e. The first-order valence-corrected chi connectivity index (χ1v) is 12.5. The first kappa shape index (κ1) is 23.5. The minimum atomic E-state index is 0.182. The summed E-state index contributed by atoms with van der Waals surface area (Å²) in [6.07, 6.45) is 9.03. The molecule has 0 radical (unpaired) electrons. The van der Waals surface area contributed by atoms with Crippen molar-refractivity contribution in [2.24, 2.45) is 4.99 Å². The van der Waals surface area contributed by atoms with Gasteiger partial charge in [0.1, 0.15) is 5.76 Å².